The van der Waals surface area contributed by atoms with Gasteiger partial charge in [-0.3, -0.25) is 4.79 Å². The molecule has 0 aliphatic carbocycles. The Morgan fingerprint density at radius 2 is 1.64 bits per heavy atom. The second-order valence-corrected chi connectivity index (χ2v) is 6.28. The first kappa shape index (κ1) is 19.6. The lowest BCUT2D eigenvalue weighted by Crippen LogP contribution is -2.45. The van der Waals surface area contributed by atoms with Gasteiger partial charge in [-0.1, -0.05) is 54.3 Å². The Kier molecular flexibility index (Phi) is 5.21. The van der Waals surface area contributed by atoms with Crippen LogP contribution in [0.1, 0.15) is 22.3 Å². The average molecular weight is 386 g/mol. The monoisotopic (exact) mass is 386 g/mol. The molecule has 28 heavy (non-hydrogen) atoms. The number of alkyl halides is 3. The van der Waals surface area contributed by atoms with E-state index in [1.807, 2.05) is 0 Å². The van der Waals surface area contributed by atoms with Crippen LogP contribution >= 0.6 is 0 Å². The number of ketones is 1. The number of Topliss-reactive ketones (excluding diaryl/α,β-unsaturated/α-hetero) is 1. The molecule has 0 saturated heterocycles. The fourth-order valence-corrected chi connectivity index (χ4v) is 2.65. The van der Waals surface area contributed by atoms with Crippen molar-refractivity contribution in [2.45, 2.75) is 18.2 Å². The molecule has 0 radical (unpaired) electrons. The number of carbonyl (C=O) groups excluding carboxylic acids is 1. The van der Waals surface area contributed by atoms with Crippen molar-refractivity contribution in [3.8, 4) is 11.8 Å². The van der Waals surface area contributed by atoms with Crippen molar-refractivity contribution < 1.29 is 27.5 Å². The van der Waals surface area contributed by atoms with E-state index in [2.05, 4.69) is 5.92 Å². The highest BCUT2D eigenvalue weighted by Crippen LogP contribution is 2.34. The van der Waals surface area contributed by atoms with Crippen LogP contribution in [0.3, 0.4) is 0 Å². The second kappa shape index (κ2) is 7.45. The number of hydrogen-bond donors (Lipinski definition) is 1. The number of rotatable bonds is 3. The lowest BCUT2D eigenvalue weighted by Gasteiger charge is -2.24. The molecular formula is C22H14F4O2. The van der Waals surface area contributed by atoms with E-state index in [0.717, 1.165) is 17.5 Å². The first-order valence-corrected chi connectivity index (χ1v) is 8.28. The third kappa shape index (κ3) is 4.21. The molecule has 0 saturated carbocycles. The molecule has 0 aliphatic heterocycles. The van der Waals surface area contributed by atoms with Crippen molar-refractivity contribution in [3.05, 3.63) is 83.7 Å². The van der Waals surface area contributed by atoms with Gasteiger partial charge in [-0.25, -0.2) is 4.39 Å². The van der Waals surface area contributed by atoms with Crippen LogP contribution in [0.5, 0.6) is 0 Å². The summed E-state index contributed by atoms with van der Waals surface area (Å²) in [7, 11) is 0. The maximum absolute atomic E-state index is 13.4. The van der Waals surface area contributed by atoms with E-state index >= 15 is 0 Å². The SMILES string of the molecule is O=C(CC(O)(C#Cc1cccc(F)c1)C(F)(F)F)c1ccc2ccccc2c1. The normalized spacial score (nSPS) is 13.5. The molecule has 3 rings (SSSR count). The summed E-state index contributed by atoms with van der Waals surface area (Å²) in [6.07, 6.45) is -6.43. The van der Waals surface area contributed by atoms with E-state index in [4.69, 9.17) is 0 Å². The van der Waals surface area contributed by atoms with Gasteiger partial charge in [0, 0.05) is 11.1 Å². The second-order valence-electron chi connectivity index (χ2n) is 6.28. The first-order valence-electron chi connectivity index (χ1n) is 8.28. The molecular weight excluding hydrogens is 372 g/mol. The molecule has 0 fully saturated rings. The largest absolute Gasteiger partial charge is 0.429 e. The van der Waals surface area contributed by atoms with Crippen LogP contribution in [0.2, 0.25) is 0 Å². The molecule has 2 nitrogen and oxygen atoms in total. The van der Waals surface area contributed by atoms with Gasteiger partial charge in [0.05, 0.1) is 6.42 Å². The Morgan fingerprint density at radius 1 is 0.929 bits per heavy atom. The molecule has 1 unspecified atom stereocenters. The zero-order chi connectivity index (χ0) is 20.4. The highest BCUT2D eigenvalue weighted by Gasteiger charge is 2.54. The van der Waals surface area contributed by atoms with Gasteiger partial charge < -0.3 is 5.11 Å². The Balaban J connectivity index is 1.92. The summed E-state index contributed by atoms with van der Waals surface area (Å²) in [5, 5.41) is 11.6. The molecule has 0 aromatic heterocycles. The minimum Gasteiger partial charge on any atom is -0.369 e. The Labute approximate surface area is 158 Å². The van der Waals surface area contributed by atoms with Crippen molar-refractivity contribution in [2.24, 2.45) is 0 Å². The number of halogens is 4. The van der Waals surface area contributed by atoms with Gasteiger partial charge in [-0.2, -0.15) is 13.2 Å². The fraction of sp³-hybridized carbons (Fsp3) is 0.136. The van der Waals surface area contributed by atoms with Gasteiger partial charge in [-0.15, -0.1) is 0 Å². The predicted octanol–water partition coefficient (Wildman–Crippen LogP) is 4.90. The van der Waals surface area contributed by atoms with E-state index in [1.54, 1.807) is 36.3 Å². The summed E-state index contributed by atoms with van der Waals surface area (Å²) in [4.78, 5) is 12.4. The van der Waals surface area contributed by atoms with Crippen LogP contribution in [0.4, 0.5) is 17.6 Å². The minimum atomic E-state index is -5.17. The average Bonchev–Trinajstić information content (AvgIpc) is 2.65. The Morgan fingerprint density at radius 3 is 2.32 bits per heavy atom. The quantitative estimate of drug-likeness (QED) is 0.395. The zero-order valence-electron chi connectivity index (χ0n) is 14.4. The summed E-state index contributed by atoms with van der Waals surface area (Å²) < 4.78 is 53.5. The van der Waals surface area contributed by atoms with E-state index in [1.165, 1.54) is 24.3 Å². The topological polar surface area (TPSA) is 37.3 Å². The maximum Gasteiger partial charge on any atom is 0.429 e. The molecule has 0 aliphatic rings. The van der Waals surface area contributed by atoms with Gasteiger partial charge in [0.25, 0.3) is 0 Å². The molecule has 0 heterocycles. The van der Waals surface area contributed by atoms with E-state index in [0.29, 0.717) is 5.39 Å². The maximum atomic E-state index is 13.4. The third-order valence-electron chi connectivity index (χ3n) is 4.20. The smallest absolute Gasteiger partial charge is 0.369 e. The predicted molar refractivity (Wildman–Crippen MR) is 97.2 cm³/mol. The first-order chi connectivity index (χ1) is 13.2. The molecule has 142 valence electrons. The summed E-state index contributed by atoms with van der Waals surface area (Å²) in [5.41, 5.74) is -3.56. The van der Waals surface area contributed by atoms with E-state index in [9.17, 15) is 27.5 Å². The minimum absolute atomic E-state index is 0.0360. The van der Waals surface area contributed by atoms with Crippen LogP contribution in [0.15, 0.2) is 66.7 Å². The molecule has 3 aromatic rings. The summed E-state index contributed by atoms with van der Waals surface area (Å²) >= 11 is 0. The van der Waals surface area contributed by atoms with Crippen molar-refractivity contribution in [2.75, 3.05) is 0 Å². The molecule has 1 atom stereocenters. The van der Waals surface area contributed by atoms with Gasteiger partial charge in [0.1, 0.15) is 5.82 Å². The van der Waals surface area contributed by atoms with Crippen LogP contribution in [-0.4, -0.2) is 22.7 Å². The van der Waals surface area contributed by atoms with Crippen molar-refractivity contribution >= 4 is 16.6 Å². The summed E-state index contributed by atoms with van der Waals surface area (Å²) in [6, 6.07) is 16.2. The highest BCUT2D eigenvalue weighted by molar-refractivity contribution is 6.00. The lowest BCUT2D eigenvalue weighted by molar-refractivity contribution is -0.233. The molecule has 0 spiro atoms. The van der Waals surface area contributed by atoms with Crippen LogP contribution in [-0.2, 0) is 0 Å². The van der Waals surface area contributed by atoms with Gasteiger partial charge in [0.2, 0.25) is 5.60 Å². The van der Waals surface area contributed by atoms with Crippen molar-refractivity contribution in [1.29, 1.82) is 0 Å². The highest BCUT2D eigenvalue weighted by atomic mass is 19.4. The fourth-order valence-electron chi connectivity index (χ4n) is 2.65. The molecule has 3 aromatic carbocycles. The number of hydrogen-bond acceptors (Lipinski definition) is 2. The van der Waals surface area contributed by atoms with Crippen molar-refractivity contribution in [3.63, 3.8) is 0 Å². The van der Waals surface area contributed by atoms with Gasteiger partial charge >= 0.3 is 6.18 Å². The number of carbonyl (C=O) groups is 1. The van der Waals surface area contributed by atoms with Gasteiger partial charge in [0.15, 0.2) is 5.78 Å². The molecule has 1 N–H and O–H groups in total. The number of benzene rings is 3. The number of fused-ring (bicyclic) bond motifs is 1. The van der Waals surface area contributed by atoms with Crippen LogP contribution in [0, 0.1) is 17.7 Å². The molecule has 0 bridgehead atoms. The Bertz CT molecular complexity index is 1090. The third-order valence-corrected chi connectivity index (χ3v) is 4.20. The zero-order valence-corrected chi connectivity index (χ0v) is 14.4. The number of aliphatic hydroxyl groups is 1. The molecule has 6 heteroatoms. The summed E-state index contributed by atoms with van der Waals surface area (Å²) in [5.74, 6) is 2.24. The lowest BCUT2D eigenvalue weighted by atomic mass is 9.92. The van der Waals surface area contributed by atoms with Crippen LogP contribution < -0.4 is 0 Å². The van der Waals surface area contributed by atoms with E-state index < -0.39 is 29.8 Å². The standard InChI is InChI=1S/C22H14F4O2/c23-19-7-3-4-15(12-19)10-11-21(28,22(24,25)26)14-20(27)18-9-8-16-5-1-2-6-17(16)13-18/h1-9,12-13,28H,14H2. The van der Waals surface area contributed by atoms with E-state index in [-0.39, 0.29) is 11.1 Å². The van der Waals surface area contributed by atoms with Gasteiger partial charge in [-0.05, 0) is 35.0 Å². The van der Waals surface area contributed by atoms with Crippen molar-refractivity contribution in [1.82, 2.24) is 0 Å². The molecule has 0 amide bonds. The summed E-state index contributed by atoms with van der Waals surface area (Å²) in [6.45, 7) is 0. The van der Waals surface area contributed by atoms with Crippen LogP contribution in [0.25, 0.3) is 10.8 Å². The Hall–Kier alpha value is -3.17.